The van der Waals surface area contributed by atoms with Crippen molar-refractivity contribution in [3.8, 4) is 6.07 Å². The molecular weight excluding hydrogens is 306 g/mol. The Morgan fingerprint density at radius 3 is 2.95 bits per heavy atom. The maximum absolute atomic E-state index is 9.17. The standard InChI is InChI=1S/C14H14BrN3O/c15-12-5-3-4-11-13(17-6-1-2-7-19)10(8-16)9-18-14(11)12/h3-5,9,19H,1-2,6-7H2,(H,17,18). The molecule has 0 saturated heterocycles. The van der Waals surface area contributed by atoms with E-state index in [1.54, 1.807) is 6.20 Å². The Labute approximate surface area is 120 Å². The number of anilines is 1. The minimum atomic E-state index is 0.190. The largest absolute Gasteiger partial charge is 0.396 e. The molecule has 98 valence electrons. The average molecular weight is 320 g/mol. The number of hydrogen-bond donors (Lipinski definition) is 2. The first kappa shape index (κ1) is 13.8. The number of unbranched alkanes of at least 4 members (excludes halogenated alkanes) is 1. The highest BCUT2D eigenvalue weighted by atomic mass is 79.9. The number of aromatic nitrogens is 1. The van der Waals surface area contributed by atoms with Crippen LogP contribution in [0.15, 0.2) is 28.9 Å². The second-order valence-corrected chi connectivity index (χ2v) is 5.01. The molecule has 4 nitrogen and oxygen atoms in total. The number of nitrogens with zero attached hydrogens (tertiary/aromatic N) is 2. The summed E-state index contributed by atoms with van der Waals surface area (Å²) in [5.74, 6) is 0. The first-order valence-electron chi connectivity index (χ1n) is 6.10. The van der Waals surface area contributed by atoms with Gasteiger partial charge in [0.2, 0.25) is 0 Å². The maximum Gasteiger partial charge on any atom is 0.103 e. The number of nitrogens with one attached hydrogen (secondary N) is 1. The van der Waals surface area contributed by atoms with Crippen LogP contribution >= 0.6 is 15.9 Å². The molecule has 0 fully saturated rings. The molecule has 0 radical (unpaired) electrons. The van der Waals surface area contributed by atoms with E-state index in [0.717, 1.165) is 40.4 Å². The summed E-state index contributed by atoms with van der Waals surface area (Å²) in [5.41, 5.74) is 2.19. The Balaban J connectivity index is 2.38. The summed E-state index contributed by atoms with van der Waals surface area (Å²) >= 11 is 3.46. The highest BCUT2D eigenvalue weighted by Crippen LogP contribution is 2.30. The number of aliphatic hydroxyl groups excluding tert-OH is 1. The van der Waals surface area contributed by atoms with E-state index < -0.39 is 0 Å². The SMILES string of the molecule is N#Cc1cnc2c(Br)cccc2c1NCCCCO. The van der Waals surface area contributed by atoms with Gasteiger partial charge < -0.3 is 10.4 Å². The molecule has 0 aliphatic rings. The second kappa shape index (κ2) is 6.50. The van der Waals surface area contributed by atoms with E-state index >= 15 is 0 Å². The average Bonchev–Trinajstić information content (AvgIpc) is 2.44. The fourth-order valence-electron chi connectivity index (χ4n) is 1.91. The number of halogens is 1. The second-order valence-electron chi connectivity index (χ2n) is 4.15. The van der Waals surface area contributed by atoms with Crippen LogP contribution in [0.1, 0.15) is 18.4 Å². The van der Waals surface area contributed by atoms with E-state index in [9.17, 15) is 0 Å². The summed E-state index contributed by atoms with van der Waals surface area (Å²) in [5, 5.41) is 22.1. The smallest absolute Gasteiger partial charge is 0.103 e. The highest BCUT2D eigenvalue weighted by Gasteiger charge is 2.09. The van der Waals surface area contributed by atoms with Crippen LogP contribution in [0.3, 0.4) is 0 Å². The van der Waals surface area contributed by atoms with Crippen molar-refractivity contribution < 1.29 is 5.11 Å². The molecule has 0 unspecified atom stereocenters. The zero-order chi connectivity index (χ0) is 13.7. The van der Waals surface area contributed by atoms with Crippen LogP contribution in [0.25, 0.3) is 10.9 Å². The number of pyridine rings is 1. The minimum absolute atomic E-state index is 0.190. The number of rotatable bonds is 5. The summed E-state index contributed by atoms with van der Waals surface area (Å²) < 4.78 is 0.910. The van der Waals surface area contributed by atoms with Crippen molar-refractivity contribution in [1.29, 1.82) is 5.26 Å². The molecular formula is C14H14BrN3O. The molecule has 2 aromatic rings. The van der Waals surface area contributed by atoms with E-state index in [-0.39, 0.29) is 6.61 Å². The number of nitriles is 1. The van der Waals surface area contributed by atoms with E-state index in [1.807, 2.05) is 18.2 Å². The van der Waals surface area contributed by atoms with Gasteiger partial charge in [-0.1, -0.05) is 12.1 Å². The minimum Gasteiger partial charge on any atom is -0.396 e. The molecule has 1 aromatic carbocycles. The fraction of sp³-hybridized carbons (Fsp3) is 0.286. The van der Waals surface area contributed by atoms with Crippen molar-refractivity contribution in [2.75, 3.05) is 18.5 Å². The lowest BCUT2D eigenvalue weighted by Gasteiger charge is -2.11. The molecule has 0 bridgehead atoms. The molecule has 0 saturated carbocycles. The van der Waals surface area contributed by atoms with Crippen LogP contribution in [-0.4, -0.2) is 23.2 Å². The lowest BCUT2D eigenvalue weighted by atomic mass is 10.1. The van der Waals surface area contributed by atoms with Gasteiger partial charge in [-0.2, -0.15) is 5.26 Å². The van der Waals surface area contributed by atoms with Crippen LogP contribution in [-0.2, 0) is 0 Å². The Morgan fingerprint density at radius 2 is 2.21 bits per heavy atom. The van der Waals surface area contributed by atoms with Crippen molar-refractivity contribution in [3.05, 3.63) is 34.4 Å². The van der Waals surface area contributed by atoms with E-state index in [1.165, 1.54) is 0 Å². The molecule has 0 atom stereocenters. The molecule has 0 aliphatic heterocycles. The van der Waals surface area contributed by atoms with Crippen LogP contribution in [0.5, 0.6) is 0 Å². The van der Waals surface area contributed by atoms with Gasteiger partial charge in [0.25, 0.3) is 0 Å². The molecule has 2 N–H and O–H groups in total. The molecule has 0 spiro atoms. The molecule has 2 rings (SSSR count). The van der Waals surface area contributed by atoms with Gasteiger partial charge >= 0.3 is 0 Å². The molecule has 0 amide bonds. The zero-order valence-electron chi connectivity index (χ0n) is 10.4. The Kier molecular flexibility index (Phi) is 4.72. The molecule has 19 heavy (non-hydrogen) atoms. The predicted molar refractivity (Wildman–Crippen MR) is 79.0 cm³/mol. The first-order chi connectivity index (χ1) is 9.27. The number of para-hydroxylation sites is 1. The lowest BCUT2D eigenvalue weighted by Crippen LogP contribution is -2.05. The van der Waals surface area contributed by atoms with Gasteiger partial charge in [-0.05, 0) is 34.8 Å². The van der Waals surface area contributed by atoms with Gasteiger partial charge in [0.15, 0.2) is 0 Å². The van der Waals surface area contributed by atoms with Crippen molar-refractivity contribution in [2.45, 2.75) is 12.8 Å². The number of fused-ring (bicyclic) bond motifs is 1. The third kappa shape index (κ3) is 3.03. The Hall–Kier alpha value is -1.64. The van der Waals surface area contributed by atoms with Crippen molar-refractivity contribution in [3.63, 3.8) is 0 Å². The quantitative estimate of drug-likeness (QED) is 0.831. The van der Waals surface area contributed by atoms with Crippen LogP contribution in [0.2, 0.25) is 0 Å². The van der Waals surface area contributed by atoms with Gasteiger partial charge in [0.1, 0.15) is 6.07 Å². The summed E-state index contributed by atoms with van der Waals surface area (Å²) in [4.78, 5) is 4.31. The summed E-state index contributed by atoms with van der Waals surface area (Å²) in [6.07, 6.45) is 3.20. The van der Waals surface area contributed by atoms with Crippen LogP contribution < -0.4 is 5.32 Å². The monoisotopic (exact) mass is 319 g/mol. The van der Waals surface area contributed by atoms with E-state index in [0.29, 0.717) is 5.56 Å². The molecule has 0 aliphatic carbocycles. The number of benzene rings is 1. The van der Waals surface area contributed by atoms with Crippen molar-refractivity contribution in [1.82, 2.24) is 4.98 Å². The van der Waals surface area contributed by atoms with Crippen LogP contribution in [0.4, 0.5) is 5.69 Å². The Morgan fingerprint density at radius 1 is 1.37 bits per heavy atom. The van der Waals surface area contributed by atoms with Crippen LogP contribution in [0, 0.1) is 11.3 Å². The molecule has 1 heterocycles. The zero-order valence-corrected chi connectivity index (χ0v) is 11.9. The van der Waals surface area contributed by atoms with Crippen molar-refractivity contribution >= 4 is 32.5 Å². The van der Waals surface area contributed by atoms with E-state index in [2.05, 4.69) is 32.3 Å². The van der Waals surface area contributed by atoms with Gasteiger partial charge in [0, 0.05) is 29.2 Å². The summed E-state index contributed by atoms with van der Waals surface area (Å²) in [6.45, 7) is 0.913. The predicted octanol–water partition coefficient (Wildman–Crippen LogP) is 3.05. The number of aliphatic hydroxyl groups is 1. The normalized spacial score (nSPS) is 10.4. The van der Waals surface area contributed by atoms with Gasteiger partial charge in [-0.15, -0.1) is 0 Å². The van der Waals surface area contributed by atoms with E-state index in [4.69, 9.17) is 10.4 Å². The van der Waals surface area contributed by atoms with Crippen molar-refractivity contribution in [2.24, 2.45) is 0 Å². The molecule has 1 aromatic heterocycles. The highest BCUT2D eigenvalue weighted by molar-refractivity contribution is 9.10. The molecule has 5 heteroatoms. The fourth-order valence-corrected chi connectivity index (χ4v) is 2.38. The maximum atomic E-state index is 9.17. The van der Waals surface area contributed by atoms with Gasteiger partial charge in [-0.3, -0.25) is 4.98 Å². The van der Waals surface area contributed by atoms with Gasteiger partial charge in [-0.25, -0.2) is 0 Å². The van der Waals surface area contributed by atoms with Gasteiger partial charge in [0.05, 0.1) is 16.8 Å². The Bertz CT molecular complexity index is 622. The first-order valence-corrected chi connectivity index (χ1v) is 6.89. The third-order valence-electron chi connectivity index (χ3n) is 2.86. The summed E-state index contributed by atoms with van der Waals surface area (Å²) in [7, 11) is 0. The summed E-state index contributed by atoms with van der Waals surface area (Å²) in [6, 6.07) is 7.96. The topological polar surface area (TPSA) is 68.9 Å². The third-order valence-corrected chi connectivity index (χ3v) is 3.50. The lowest BCUT2D eigenvalue weighted by molar-refractivity contribution is 0.286. The number of hydrogen-bond acceptors (Lipinski definition) is 4.